The van der Waals surface area contributed by atoms with Crippen LogP contribution in [0.25, 0.3) is 0 Å². The number of fused-ring (bicyclic) bond motifs is 1. The van der Waals surface area contributed by atoms with Crippen LogP contribution in [0.2, 0.25) is 0 Å². The van der Waals surface area contributed by atoms with Crippen LogP contribution < -0.4 is 10.6 Å². The predicted molar refractivity (Wildman–Crippen MR) is 122 cm³/mol. The van der Waals surface area contributed by atoms with Gasteiger partial charge < -0.3 is 10.6 Å². The van der Waals surface area contributed by atoms with Gasteiger partial charge in [0, 0.05) is 29.6 Å². The van der Waals surface area contributed by atoms with E-state index in [-0.39, 0.29) is 41.0 Å². The number of thioether (sulfide) groups is 1. The summed E-state index contributed by atoms with van der Waals surface area (Å²) in [5, 5.41) is 5.53. The minimum absolute atomic E-state index is 0.0750. The van der Waals surface area contributed by atoms with Crippen molar-refractivity contribution < 1.29 is 18.0 Å². The number of piperidine rings is 1. The lowest BCUT2D eigenvalue weighted by atomic mass is 9.97. The van der Waals surface area contributed by atoms with Crippen LogP contribution >= 0.6 is 11.8 Å². The summed E-state index contributed by atoms with van der Waals surface area (Å²) in [4.78, 5) is 25.6. The maximum atomic E-state index is 13.1. The number of para-hydroxylation sites is 1. The first-order valence-electron chi connectivity index (χ1n) is 10.2. The van der Waals surface area contributed by atoms with Gasteiger partial charge in [-0.2, -0.15) is 4.31 Å². The summed E-state index contributed by atoms with van der Waals surface area (Å²) in [5.41, 5.74) is 2.30. The fourth-order valence-corrected chi connectivity index (χ4v) is 6.23. The molecule has 0 bridgehead atoms. The molecule has 2 aromatic carbocycles. The average molecular weight is 460 g/mol. The fraction of sp³-hybridized carbons (Fsp3) is 0.364. The molecular weight excluding hydrogens is 434 g/mol. The second-order valence-corrected chi connectivity index (χ2v) is 11.2. The van der Waals surface area contributed by atoms with Crippen LogP contribution in [0, 0.1) is 12.8 Å². The molecule has 1 fully saturated rings. The minimum Gasteiger partial charge on any atom is -0.326 e. The zero-order valence-corrected chi connectivity index (χ0v) is 19.1. The Bertz CT molecular complexity index is 1130. The van der Waals surface area contributed by atoms with Gasteiger partial charge in [0.2, 0.25) is 21.8 Å². The highest BCUT2D eigenvalue weighted by Crippen LogP contribution is 2.37. The highest BCUT2D eigenvalue weighted by atomic mass is 32.2. The number of hydrogen-bond donors (Lipinski definition) is 2. The SMILES string of the molecule is Cc1ccccc1NC(=O)C1CCN(S(=O)(=O)c2ccc3c(c2)NC(=O)[C@@H](C)S3)CC1. The second kappa shape index (κ2) is 8.64. The molecule has 164 valence electrons. The van der Waals surface area contributed by atoms with Gasteiger partial charge in [-0.25, -0.2) is 8.42 Å². The molecule has 0 aliphatic carbocycles. The topological polar surface area (TPSA) is 95.6 Å². The van der Waals surface area contributed by atoms with E-state index in [1.54, 1.807) is 12.1 Å². The van der Waals surface area contributed by atoms with Gasteiger partial charge in [0.05, 0.1) is 15.8 Å². The van der Waals surface area contributed by atoms with E-state index in [9.17, 15) is 18.0 Å². The lowest BCUT2D eigenvalue weighted by Crippen LogP contribution is -2.41. The van der Waals surface area contributed by atoms with E-state index in [0.29, 0.717) is 18.5 Å². The second-order valence-electron chi connectivity index (χ2n) is 7.89. The number of nitrogens with one attached hydrogen (secondary N) is 2. The molecule has 2 aliphatic rings. The summed E-state index contributed by atoms with van der Waals surface area (Å²) in [6, 6.07) is 12.4. The molecule has 2 heterocycles. The van der Waals surface area contributed by atoms with Crippen molar-refractivity contribution in [2.75, 3.05) is 23.7 Å². The molecule has 7 nitrogen and oxygen atoms in total. The van der Waals surface area contributed by atoms with Crippen LogP contribution in [0.3, 0.4) is 0 Å². The van der Waals surface area contributed by atoms with Crippen molar-refractivity contribution in [3.63, 3.8) is 0 Å². The molecule has 0 aromatic heterocycles. The van der Waals surface area contributed by atoms with E-state index in [4.69, 9.17) is 0 Å². The third kappa shape index (κ3) is 4.49. The summed E-state index contributed by atoms with van der Waals surface area (Å²) in [5.74, 6) is -0.437. The zero-order chi connectivity index (χ0) is 22.2. The number of amides is 2. The quantitative estimate of drug-likeness (QED) is 0.730. The number of aryl methyl sites for hydroxylation is 1. The molecule has 0 saturated carbocycles. The van der Waals surface area contributed by atoms with Crippen molar-refractivity contribution >= 4 is 45.0 Å². The molecule has 4 rings (SSSR count). The van der Waals surface area contributed by atoms with Crippen LogP contribution in [0.5, 0.6) is 0 Å². The van der Waals surface area contributed by atoms with Crippen LogP contribution in [0.15, 0.2) is 52.3 Å². The largest absolute Gasteiger partial charge is 0.326 e. The number of anilines is 2. The maximum Gasteiger partial charge on any atom is 0.243 e. The molecule has 9 heteroatoms. The minimum atomic E-state index is -3.70. The lowest BCUT2D eigenvalue weighted by molar-refractivity contribution is -0.121. The summed E-state index contributed by atoms with van der Waals surface area (Å²) >= 11 is 1.42. The highest BCUT2D eigenvalue weighted by Gasteiger charge is 2.33. The van der Waals surface area contributed by atoms with E-state index in [2.05, 4.69) is 10.6 Å². The third-order valence-electron chi connectivity index (χ3n) is 5.75. The lowest BCUT2D eigenvalue weighted by Gasteiger charge is -2.31. The molecule has 2 N–H and O–H groups in total. The van der Waals surface area contributed by atoms with Crippen LogP contribution in [0.4, 0.5) is 11.4 Å². The molecule has 1 saturated heterocycles. The van der Waals surface area contributed by atoms with E-state index < -0.39 is 10.0 Å². The number of nitrogens with zero attached hydrogens (tertiary/aromatic N) is 1. The van der Waals surface area contributed by atoms with Crippen molar-refractivity contribution in [2.24, 2.45) is 5.92 Å². The number of rotatable bonds is 4. The normalized spacial score (nSPS) is 20.1. The summed E-state index contributed by atoms with van der Waals surface area (Å²) in [6.07, 6.45) is 0.929. The molecular formula is C22H25N3O4S2. The Morgan fingerprint density at radius 2 is 1.87 bits per heavy atom. The smallest absolute Gasteiger partial charge is 0.243 e. The summed E-state index contributed by atoms with van der Waals surface area (Å²) in [6.45, 7) is 4.31. The average Bonchev–Trinajstić information content (AvgIpc) is 2.76. The van der Waals surface area contributed by atoms with Gasteiger partial charge in [0.1, 0.15) is 0 Å². The fourth-order valence-electron chi connectivity index (χ4n) is 3.80. The number of sulfonamides is 1. The number of hydrogen-bond acceptors (Lipinski definition) is 5. The van der Waals surface area contributed by atoms with Gasteiger partial charge in [0.25, 0.3) is 0 Å². The van der Waals surface area contributed by atoms with Gasteiger partial charge in [0.15, 0.2) is 0 Å². The Morgan fingerprint density at radius 1 is 1.16 bits per heavy atom. The van der Waals surface area contributed by atoms with Crippen LogP contribution in [-0.2, 0) is 19.6 Å². The monoisotopic (exact) mass is 459 g/mol. The van der Waals surface area contributed by atoms with Gasteiger partial charge in [-0.1, -0.05) is 18.2 Å². The van der Waals surface area contributed by atoms with Crippen molar-refractivity contribution in [3.05, 3.63) is 48.0 Å². The Hall–Kier alpha value is -2.36. The maximum absolute atomic E-state index is 13.1. The number of carbonyl (C=O) groups excluding carboxylic acids is 2. The predicted octanol–water partition coefficient (Wildman–Crippen LogP) is 3.47. The van der Waals surface area contributed by atoms with Gasteiger partial charge in [-0.3, -0.25) is 9.59 Å². The van der Waals surface area contributed by atoms with E-state index >= 15 is 0 Å². The van der Waals surface area contributed by atoms with E-state index in [0.717, 1.165) is 16.1 Å². The molecule has 1 atom stereocenters. The van der Waals surface area contributed by atoms with Gasteiger partial charge in [-0.15, -0.1) is 11.8 Å². The Morgan fingerprint density at radius 3 is 2.58 bits per heavy atom. The van der Waals surface area contributed by atoms with Crippen molar-refractivity contribution in [3.8, 4) is 0 Å². The third-order valence-corrected chi connectivity index (χ3v) is 8.82. The first-order valence-corrected chi connectivity index (χ1v) is 12.6. The Balaban J connectivity index is 1.42. The molecule has 31 heavy (non-hydrogen) atoms. The molecule has 2 aromatic rings. The van der Waals surface area contributed by atoms with Crippen molar-refractivity contribution in [1.82, 2.24) is 4.31 Å². The highest BCUT2D eigenvalue weighted by molar-refractivity contribution is 8.01. The van der Waals surface area contributed by atoms with E-state index in [1.165, 1.54) is 22.1 Å². The standard InChI is InChI=1S/C22H25N3O4S2/c1-14-5-3-4-6-18(14)23-22(27)16-9-11-25(12-10-16)31(28,29)17-7-8-20-19(13-17)24-21(26)15(2)30-20/h3-8,13,15-16H,9-12H2,1-2H3,(H,23,27)(H,24,26)/t15-/m1/s1. The molecule has 0 spiro atoms. The van der Waals surface area contributed by atoms with Crippen molar-refractivity contribution in [1.29, 1.82) is 0 Å². The molecule has 0 radical (unpaired) electrons. The number of benzene rings is 2. The summed E-state index contributed by atoms with van der Waals surface area (Å²) in [7, 11) is -3.70. The molecule has 2 amide bonds. The van der Waals surface area contributed by atoms with Crippen LogP contribution in [-0.4, -0.2) is 42.9 Å². The van der Waals surface area contributed by atoms with Crippen LogP contribution in [0.1, 0.15) is 25.3 Å². The van der Waals surface area contributed by atoms with E-state index in [1.807, 2.05) is 38.1 Å². The zero-order valence-electron chi connectivity index (χ0n) is 17.4. The Kier molecular flexibility index (Phi) is 6.09. The molecule has 0 unspecified atom stereocenters. The Labute approximate surface area is 186 Å². The first kappa shape index (κ1) is 21.9. The molecule has 2 aliphatic heterocycles. The van der Waals surface area contributed by atoms with Gasteiger partial charge in [-0.05, 0) is 56.5 Å². The van der Waals surface area contributed by atoms with Crippen molar-refractivity contribution in [2.45, 2.75) is 41.7 Å². The van der Waals surface area contributed by atoms with Gasteiger partial charge >= 0.3 is 0 Å². The summed E-state index contributed by atoms with van der Waals surface area (Å²) < 4.78 is 27.7. The number of carbonyl (C=O) groups is 2. The first-order chi connectivity index (χ1) is 14.8.